The number of amides is 1. The Bertz CT molecular complexity index is 277. The van der Waals surface area contributed by atoms with Gasteiger partial charge < -0.3 is 10.4 Å². The second kappa shape index (κ2) is 7.88. The van der Waals surface area contributed by atoms with Crippen molar-refractivity contribution in [1.82, 2.24) is 10.8 Å². The van der Waals surface area contributed by atoms with Gasteiger partial charge in [-0.2, -0.15) is 13.2 Å². The Morgan fingerprint density at radius 2 is 1.72 bits per heavy atom. The van der Waals surface area contributed by atoms with Crippen LogP contribution in [0.4, 0.5) is 13.2 Å². The fraction of sp³-hybridized carbons (Fsp3) is 0.778. The highest BCUT2D eigenvalue weighted by molar-refractivity contribution is 5.74. The van der Waals surface area contributed by atoms with Gasteiger partial charge in [-0.15, -0.1) is 0 Å². The van der Waals surface area contributed by atoms with Crippen molar-refractivity contribution < 1.29 is 33.1 Å². The number of hydroxylamine groups is 1. The molecule has 106 valence electrons. The van der Waals surface area contributed by atoms with Crippen molar-refractivity contribution in [2.75, 3.05) is 13.1 Å². The van der Waals surface area contributed by atoms with E-state index in [1.54, 1.807) is 5.48 Å². The minimum Gasteiger partial charge on any atom is -0.475 e. The van der Waals surface area contributed by atoms with Crippen LogP contribution in [0.3, 0.4) is 0 Å². The van der Waals surface area contributed by atoms with Crippen LogP contribution in [-0.4, -0.2) is 41.5 Å². The molecule has 0 saturated carbocycles. The van der Waals surface area contributed by atoms with Crippen LogP contribution in [0.15, 0.2) is 0 Å². The van der Waals surface area contributed by atoms with E-state index >= 15 is 0 Å². The first-order chi connectivity index (χ1) is 8.27. The predicted octanol–water partition coefficient (Wildman–Crippen LogP) is 0.515. The summed E-state index contributed by atoms with van der Waals surface area (Å²) in [4.78, 5) is 19.6. The number of carboxylic acids is 1. The lowest BCUT2D eigenvalue weighted by Gasteiger charge is -2.21. The predicted molar refractivity (Wildman–Crippen MR) is 53.8 cm³/mol. The van der Waals surface area contributed by atoms with Crippen LogP contribution in [-0.2, 0) is 9.59 Å². The maximum Gasteiger partial charge on any atom is 0.490 e. The highest BCUT2D eigenvalue weighted by atomic mass is 19.4. The molecule has 1 aliphatic rings. The Hall–Kier alpha value is -1.35. The van der Waals surface area contributed by atoms with Crippen LogP contribution in [0.25, 0.3) is 0 Å². The van der Waals surface area contributed by atoms with Crippen molar-refractivity contribution >= 4 is 11.9 Å². The van der Waals surface area contributed by atoms with Crippen LogP contribution >= 0.6 is 0 Å². The Kier molecular flexibility index (Phi) is 7.29. The van der Waals surface area contributed by atoms with Crippen molar-refractivity contribution in [3.8, 4) is 0 Å². The molecule has 18 heavy (non-hydrogen) atoms. The van der Waals surface area contributed by atoms with Crippen LogP contribution in [0.1, 0.15) is 19.3 Å². The summed E-state index contributed by atoms with van der Waals surface area (Å²) in [5.74, 6) is -2.58. The minimum absolute atomic E-state index is 0.267. The van der Waals surface area contributed by atoms with E-state index < -0.39 is 12.1 Å². The van der Waals surface area contributed by atoms with Gasteiger partial charge >= 0.3 is 12.1 Å². The summed E-state index contributed by atoms with van der Waals surface area (Å²) in [6, 6.07) is 0. The Morgan fingerprint density at radius 1 is 1.28 bits per heavy atom. The zero-order valence-corrected chi connectivity index (χ0v) is 9.46. The quantitative estimate of drug-likeness (QED) is 0.434. The summed E-state index contributed by atoms with van der Waals surface area (Å²) in [7, 11) is 0. The molecule has 0 atom stereocenters. The van der Waals surface area contributed by atoms with E-state index in [9.17, 15) is 18.0 Å². The summed E-state index contributed by atoms with van der Waals surface area (Å²) in [5, 5.41) is 18.6. The van der Waals surface area contributed by atoms with Crippen LogP contribution in [0, 0.1) is 5.92 Å². The first kappa shape index (κ1) is 16.6. The van der Waals surface area contributed by atoms with Crippen LogP contribution in [0.2, 0.25) is 0 Å². The second-order valence-electron chi connectivity index (χ2n) is 3.74. The number of carboxylic acid groups (broad SMARTS) is 1. The number of carbonyl (C=O) groups excluding carboxylic acids is 1. The fourth-order valence-electron chi connectivity index (χ4n) is 1.39. The average Bonchev–Trinajstić information content (AvgIpc) is 2.29. The van der Waals surface area contributed by atoms with E-state index in [0.29, 0.717) is 12.3 Å². The number of nitrogens with one attached hydrogen (secondary N) is 2. The van der Waals surface area contributed by atoms with Gasteiger partial charge in [-0.1, -0.05) is 0 Å². The molecule has 6 nitrogen and oxygen atoms in total. The molecular formula is C9H15F3N2O4. The van der Waals surface area contributed by atoms with Gasteiger partial charge in [-0.05, 0) is 31.8 Å². The number of halogens is 3. The van der Waals surface area contributed by atoms with E-state index in [0.717, 1.165) is 25.9 Å². The van der Waals surface area contributed by atoms with Crippen molar-refractivity contribution in [3.05, 3.63) is 0 Å². The summed E-state index contributed by atoms with van der Waals surface area (Å²) in [6.45, 7) is 1.98. The van der Waals surface area contributed by atoms with E-state index in [2.05, 4.69) is 5.32 Å². The zero-order valence-electron chi connectivity index (χ0n) is 9.46. The highest BCUT2D eigenvalue weighted by Crippen LogP contribution is 2.15. The standard InChI is InChI=1S/C7H14N2O2.C2HF3O2/c10-7(9-11)5-6-1-3-8-4-2-6;3-2(4,5)1(6)7/h6,8,11H,1-5H2,(H,9,10);(H,6,7). The molecule has 1 saturated heterocycles. The number of carbonyl (C=O) groups is 2. The monoisotopic (exact) mass is 272 g/mol. The fourth-order valence-corrected chi connectivity index (χ4v) is 1.39. The molecule has 0 bridgehead atoms. The van der Waals surface area contributed by atoms with Crippen LogP contribution in [0.5, 0.6) is 0 Å². The Balaban J connectivity index is 0.000000360. The van der Waals surface area contributed by atoms with E-state index in [1.165, 1.54) is 0 Å². The first-order valence-electron chi connectivity index (χ1n) is 5.21. The molecule has 1 heterocycles. The lowest BCUT2D eigenvalue weighted by Crippen LogP contribution is -2.31. The lowest BCUT2D eigenvalue weighted by molar-refractivity contribution is -0.192. The van der Waals surface area contributed by atoms with E-state index in [-0.39, 0.29) is 5.91 Å². The third-order valence-corrected chi connectivity index (χ3v) is 2.30. The number of alkyl halides is 3. The normalized spacial score (nSPS) is 16.4. The van der Waals surface area contributed by atoms with E-state index in [4.69, 9.17) is 15.1 Å². The Morgan fingerprint density at radius 3 is 2.06 bits per heavy atom. The van der Waals surface area contributed by atoms with Gasteiger partial charge in [0.15, 0.2) is 0 Å². The zero-order chi connectivity index (χ0) is 14.2. The molecule has 0 spiro atoms. The third-order valence-electron chi connectivity index (χ3n) is 2.30. The van der Waals surface area contributed by atoms with Crippen molar-refractivity contribution in [1.29, 1.82) is 0 Å². The van der Waals surface area contributed by atoms with Crippen molar-refractivity contribution in [3.63, 3.8) is 0 Å². The average molecular weight is 272 g/mol. The molecular weight excluding hydrogens is 257 g/mol. The number of piperidine rings is 1. The van der Waals surface area contributed by atoms with Gasteiger partial charge in [0.1, 0.15) is 0 Å². The summed E-state index contributed by atoms with van der Waals surface area (Å²) in [6.07, 6.45) is -2.56. The maximum absolute atomic E-state index is 10.7. The minimum atomic E-state index is -5.08. The first-order valence-corrected chi connectivity index (χ1v) is 5.21. The summed E-state index contributed by atoms with van der Waals surface area (Å²) < 4.78 is 31.7. The van der Waals surface area contributed by atoms with Crippen molar-refractivity contribution in [2.45, 2.75) is 25.4 Å². The van der Waals surface area contributed by atoms with E-state index in [1.807, 2.05) is 0 Å². The van der Waals surface area contributed by atoms with Gasteiger partial charge in [-0.25, -0.2) is 10.3 Å². The molecule has 0 radical (unpaired) electrons. The van der Waals surface area contributed by atoms with Gasteiger partial charge in [0.05, 0.1) is 0 Å². The molecule has 4 N–H and O–H groups in total. The largest absolute Gasteiger partial charge is 0.490 e. The van der Waals surface area contributed by atoms with Gasteiger partial charge in [-0.3, -0.25) is 10.0 Å². The van der Waals surface area contributed by atoms with Crippen molar-refractivity contribution in [2.24, 2.45) is 5.92 Å². The lowest BCUT2D eigenvalue weighted by atomic mass is 9.94. The molecule has 1 rings (SSSR count). The van der Waals surface area contributed by atoms with Gasteiger partial charge in [0.25, 0.3) is 0 Å². The van der Waals surface area contributed by atoms with Gasteiger partial charge in [0, 0.05) is 6.42 Å². The third kappa shape index (κ3) is 7.85. The molecule has 0 aromatic heterocycles. The highest BCUT2D eigenvalue weighted by Gasteiger charge is 2.38. The SMILES string of the molecule is O=C(CC1CCNCC1)NO.O=C(O)C(F)(F)F. The van der Waals surface area contributed by atoms with Crippen LogP contribution < -0.4 is 10.8 Å². The molecule has 0 unspecified atom stereocenters. The topological polar surface area (TPSA) is 98.7 Å². The molecule has 0 aromatic carbocycles. The number of hydrogen-bond acceptors (Lipinski definition) is 4. The Labute approximate surface area is 101 Å². The molecule has 9 heteroatoms. The summed E-state index contributed by atoms with van der Waals surface area (Å²) in [5.41, 5.74) is 1.65. The number of hydrogen-bond donors (Lipinski definition) is 4. The number of aliphatic carboxylic acids is 1. The molecule has 0 aromatic rings. The maximum atomic E-state index is 10.7. The number of rotatable bonds is 2. The molecule has 1 aliphatic heterocycles. The second-order valence-corrected chi connectivity index (χ2v) is 3.74. The summed E-state index contributed by atoms with van der Waals surface area (Å²) >= 11 is 0. The molecule has 1 fully saturated rings. The molecule has 1 amide bonds. The van der Waals surface area contributed by atoms with Gasteiger partial charge in [0.2, 0.25) is 5.91 Å². The molecule has 0 aliphatic carbocycles. The smallest absolute Gasteiger partial charge is 0.475 e.